The zero-order valence-corrected chi connectivity index (χ0v) is 11.6. The van der Waals surface area contributed by atoms with Gasteiger partial charge < -0.3 is 5.11 Å². The van der Waals surface area contributed by atoms with Gasteiger partial charge in [-0.15, -0.1) is 0 Å². The summed E-state index contributed by atoms with van der Waals surface area (Å²) in [5, 5.41) is 17.2. The van der Waals surface area contributed by atoms with Gasteiger partial charge in [0, 0.05) is 20.0 Å². The Morgan fingerprint density at radius 1 is 1.53 bits per heavy atom. The lowest BCUT2D eigenvalue weighted by atomic mass is 10.2. The molecule has 0 amide bonds. The average molecular weight is 303 g/mol. The van der Waals surface area contributed by atoms with Crippen LogP contribution in [0.2, 0.25) is 5.02 Å². The zero-order valence-electron chi connectivity index (χ0n) is 10.00. The van der Waals surface area contributed by atoms with Crippen LogP contribution >= 0.6 is 11.6 Å². The van der Waals surface area contributed by atoms with E-state index in [4.69, 9.17) is 22.0 Å². The van der Waals surface area contributed by atoms with Gasteiger partial charge in [-0.2, -0.15) is 9.57 Å². The molecule has 0 spiro atoms. The molecule has 0 heterocycles. The maximum Gasteiger partial charge on any atom is 0.335 e. The van der Waals surface area contributed by atoms with Crippen molar-refractivity contribution >= 4 is 27.6 Å². The van der Waals surface area contributed by atoms with Crippen molar-refractivity contribution < 1.29 is 18.3 Å². The van der Waals surface area contributed by atoms with Crippen LogP contribution in [-0.2, 0) is 10.0 Å². The Bertz CT molecular complexity index is 637. The van der Waals surface area contributed by atoms with E-state index >= 15 is 0 Å². The molecular weight excluding hydrogens is 292 g/mol. The van der Waals surface area contributed by atoms with Gasteiger partial charge in [-0.1, -0.05) is 11.6 Å². The highest BCUT2D eigenvalue weighted by Gasteiger charge is 2.24. The van der Waals surface area contributed by atoms with E-state index in [1.807, 2.05) is 6.07 Å². The number of rotatable bonds is 5. The highest BCUT2D eigenvalue weighted by Crippen LogP contribution is 2.25. The van der Waals surface area contributed by atoms with Crippen LogP contribution in [-0.4, -0.2) is 37.4 Å². The number of nitriles is 1. The van der Waals surface area contributed by atoms with Crippen molar-refractivity contribution in [3.05, 3.63) is 28.8 Å². The fourth-order valence-electron chi connectivity index (χ4n) is 1.33. The molecule has 0 atom stereocenters. The number of nitrogens with zero attached hydrogens (tertiary/aromatic N) is 2. The van der Waals surface area contributed by atoms with Gasteiger partial charge >= 0.3 is 5.97 Å². The molecule has 8 heteroatoms. The van der Waals surface area contributed by atoms with E-state index in [0.29, 0.717) is 0 Å². The molecule has 0 saturated carbocycles. The molecule has 0 aromatic heterocycles. The molecule has 1 N–H and O–H groups in total. The smallest absolute Gasteiger partial charge is 0.335 e. The molecule has 0 saturated heterocycles. The zero-order chi connectivity index (χ0) is 14.6. The lowest BCUT2D eigenvalue weighted by Crippen LogP contribution is -2.28. The molecule has 1 rings (SSSR count). The summed E-state index contributed by atoms with van der Waals surface area (Å²) in [5.41, 5.74) is -0.170. The van der Waals surface area contributed by atoms with Crippen LogP contribution in [0.3, 0.4) is 0 Å². The molecule has 0 radical (unpaired) electrons. The lowest BCUT2D eigenvalue weighted by molar-refractivity contribution is 0.0696. The largest absolute Gasteiger partial charge is 0.478 e. The van der Waals surface area contributed by atoms with Gasteiger partial charge in [0.15, 0.2) is 0 Å². The molecule has 0 fully saturated rings. The molecule has 0 aliphatic heterocycles. The summed E-state index contributed by atoms with van der Waals surface area (Å²) >= 11 is 5.80. The summed E-state index contributed by atoms with van der Waals surface area (Å²) in [4.78, 5) is 10.6. The molecule has 19 heavy (non-hydrogen) atoms. The Hall–Kier alpha value is -1.62. The average Bonchev–Trinajstić information content (AvgIpc) is 2.35. The second-order valence-electron chi connectivity index (χ2n) is 3.69. The maximum absolute atomic E-state index is 12.2. The van der Waals surface area contributed by atoms with Crippen LogP contribution in [0, 0.1) is 11.3 Å². The van der Waals surface area contributed by atoms with Crippen LogP contribution in [0.1, 0.15) is 16.8 Å². The maximum atomic E-state index is 12.2. The molecule has 0 aliphatic rings. The summed E-state index contributed by atoms with van der Waals surface area (Å²) in [6.45, 7) is 0.00641. The third kappa shape index (κ3) is 3.44. The standard InChI is InChI=1S/C11H11ClN2O4S/c1-14(6-2-5-13)19(17,18)10-7-8(11(15)16)3-4-9(10)12/h3-4,7H,2,6H2,1H3,(H,15,16). The molecule has 0 unspecified atom stereocenters. The van der Waals surface area contributed by atoms with Crippen molar-refractivity contribution in [1.29, 1.82) is 5.26 Å². The lowest BCUT2D eigenvalue weighted by Gasteiger charge is -2.16. The minimum atomic E-state index is -3.91. The number of hydrogen-bond acceptors (Lipinski definition) is 4. The fourth-order valence-corrected chi connectivity index (χ4v) is 3.00. The Labute approximate surface area is 115 Å². The van der Waals surface area contributed by atoms with Crippen LogP contribution < -0.4 is 0 Å². The van der Waals surface area contributed by atoms with E-state index < -0.39 is 16.0 Å². The van der Waals surface area contributed by atoms with Crippen LogP contribution in [0.25, 0.3) is 0 Å². The number of halogens is 1. The molecule has 0 aliphatic carbocycles. The number of benzene rings is 1. The van der Waals surface area contributed by atoms with Gasteiger partial charge in [-0.05, 0) is 18.2 Å². The van der Waals surface area contributed by atoms with Crippen molar-refractivity contribution in [2.24, 2.45) is 0 Å². The first kappa shape index (κ1) is 15.4. The first-order chi connectivity index (χ1) is 8.80. The number of hydrogen-bond donors (Lipinski definition) is 1. The van der Waals surface area contributed by atoms with Crippen molar-refractivity contribution in [3.63, 3.8) is 0 Å². The second kappa shape index (κ2) is 6.02. The van der Waals surface area contributed by atoms with E-state index in [-0.39, 0.29) is 28.4 Å². The van der Waals surface area contributed by atoms with Gasteiger partial charge in [-0.3, -0.25) is 0 Å². The van der Waals surface area contributed by atoms with Crippen molar-refractivity contribution in [1.82, 2.24) is 4.31 Å². The number of carbonyl (C=O) groups is 1. The third-order valence-electron chi connectivity index (χ3n) is 2.40. The quantitative estimate of drug-likeness (QED) is 0.890. The Morgan fingerprint density at radius 3 is 2.68 bits per heavy atom. The summed E-state index contributed by atoms with van der Waals surface area (Å²) in [6.07, 6.45) is 0.0337. The second-order valence-corrected chi connectivity index (χ2v) is 6.11. The van der Waals surface area contributed by atoms with Crippen molar-refractivity contribution in [3.8, 4) is 6.07 Å². The topological polar surface area (TPSA) is 98.5 Å². The van der Waals surface area contributed by atoms with Crippen LogP contribution in [0.5, 0.6) is 0 Å². The summed E-state index contributed by atoms with van der Waals surface area (Å²) in [6, 6.07) is 5.28. The Morgan fingerprint density at radius 2 is 2.16 bits per heavy atom. The highest BCUT2D eigenvalue weighted by molar-refractivity contribution is 7.89. The summed E-state index contributed by atoms with van der Waals surface area (Å²) in [7, 11) is -2.61. The third-order valence-corrected chi connectivity index (χ3v) is 4.74. The van der Waals surface area contributed by atoms with Crippen LogP contribution in [0.15, 0.2) is 23.1 Å². The first-order valence-corrected chi connectivity index (χ1v) is 6.98. The SMILES string of the molecule is CN(CCC#N)S(=O)(=O)c1cc(C(=O)O)ccc1Cl. The van der Waals surface area contributed by atoms with E-state index in [1.165, 1.54) is 19.2 Å². The molecule has 1 aromatic carbocycles. The monoisotopic (exact) mass is 302 g/mol. The molecular formula is C11H11ClN2O4S. The van der Waals surface area contributed by atoms with Gasteiger partial charge in [0.05, 0.1) is 16.7 Å². The highest BCUT2D eigenvalue weighted by atomic mass is 35.5. The van der Waals surface area contributed by atoms with Gasteiger partial charge in [0.2, 0.25) is 10.0 Å². The number of carboxylic acid groups (broad SMARTS) is 1. The molecule has 0 bridgehead atoms. The van der Waals surface area contributed by atoms with Gasteiger partial charge in [-0.25, -0.2) is 13.2 Å². The van der Waals surface area contributed by atoms with Crippen molar-refractivity contribution in [2.75, 3.05) is 13.6 Å². The molecule has 1 aromatic rings. The Balaban J connectivity index is 3.24. The normalized spacial score (nSPS) is 11.3. The Kier molecular flexibility index (Phi) is 4.89. The van der Waals surface area contributed by atoms with Crippen molar-refractivity contribution in [2.45, 2.75) is 11.3 Å². The molecule has 102 valence electrons. The predicted molar refractivity (Wildman–Crippen MR) is 68.5 cm³/mol. The van der Waals surface area contributed by atoms with E-state index in [9.17, 15) is 13.2 Å². The van der Waals surface area contributed by atoms with E-state index in [1.54, 1.807) is 0 Å². The summed E-state index contributed by atoms with van der Waals surface area (Å²) < 4.78 is 25.3. The number of aromatic carboxylic acids is 1. The first-order valence-electron chi connectivity index (χ1n) is 5.17. The van der Waals surface area contributed by atoms with Crippen LogP contribution in [0.4, 0.5) is 0 Å². The number of carboxylic acids is 1. The van der Waals surface area contributed by atoms with Gasteiger partial charge in [0.25, 0.3) is 0 Å². The minimum absolute atomic E-state index is 0.00641. The van der Waals surface area contributed by atoms with E-state index in [2.05, 4.69) is 0 Å². The van der Waals surface area contributed by atoms with E-state index in [0.717, 1.165) is 10.4 Å². The minimum Gasteiger partial charge on any atom is -0.478 e. The van der Waals surface area contributed by atoms with Gasteiger partial charge in [0.1, 0.15) is 4.90 Å². The number of sulfonamides is 1. The fraction of sp³-hybridized carbons (Fsp3) is 0.273. The summed E-state index contributed by atoms with van der Waals surface area (Å²) in [5.74, 6) is -1.24. The predicted octanol–water partition coefficient (Wildman–Crippen LogP) is 1.57. The molecule has 6 nitrogen and oxygen atoms in total.